The topological polar surface area (TPSA) is 32.3 Å². The van der Waals surface area contributed by atoms with Gasteiger partial charge < -0.3 is 10.4 Å². The van der Waals surface area contributed by atoms with E-state index in [1.165, 1.54) is 18.2 Å². The Morgan fingerprint density at radius 1 is 1.31 bits per heavy atom. The van der Waals surface area contributed by atoms with Gasteiger partial charge in [0.1, 0.15) is 11.6 Å². The van der Waals surface area contributed by atoms with Crippen molar-refractivity contribution in [3.8, 4) is 0 Å². The van der Waals surface area contributed by atoms with Crippen molar-refractivity contribution in [2.24, 2.45) is 5.92 Å². The van der Waals surface area contributed by atoms with E-state index in [4.69, 9.17) is 5.11 Å². The molecule has 1 unspecified atom stereocenters. The smallest absolute Gasteiger partial charge is 0.130 e. The molecule has 0 aliphatic rings. The van der Waals surface area contributed by atoms with Crippen LogP contribution in [0.1, 0.15) is 18.9 Å². The first-order valence-electron chi connectivity index (χ1n) is 5.39. The number of aliphatic hydroxyl groups is 1. The van der Waals surface area contributed by atoms with Crippen LogP contribution >= 0.6 is 0 Å². The Labute approximate surface area is 94.3 Å². The first-order chi connectivity index (χ1) is 7.65. The van der Waals surface area contributed by atoms with Crippen LogP contribution in [0.25, 0.3) is 0 Å². The minimum absolute atomic E-state index is 0.0682. The number of hydrogen-bond acceptors (Lipinski definition) is 2. The molecule has 1 atom stereocenters. The molecule has 1 rings (SSSR count). The van der Waals surface area contributed by atoms with E-state index in [9.17, 15) is 8.78 Å². The summed E-state index contributed by atoms with van der Waals surface area (Å²) >= 11 is 0. The number of nitrogens with one attached hydrogen (secondary N) is 1. The molecule has 0 radical (unpaired) electrons. The zero-order valence-electron chi connectivity index (χ0n) is 9.34. The van der Waals surface area contributed by atoms with Gasteiger partial charge in [0.25, 0.3) is 0 Å². The fourth-order valence-corrected chi connectivity index (χ4v) is 1.47. The molecule has 0 amide bonds. The highest BCUT2D eigenvalue weighted by Gasteiger charge is 2.08. The summed E-state index contributed by atoms with van der Waals surface area (Å²) in [5.74, 6) is -0.760. The Balaban J connectivity index is 2.43. The number of hydrogen-bond donors (Lipinski definition) is 2. The normalized spacial score (nSPS) is 12.8. The molecule has 0 aliphatic carbocycles. The SMILES string of the molecule is CC(CCO)CNCc1c(F)cccc1F. The lowest BCUT2D eigenvalue weighted by Gasteiger charge is -2.11. The molecule has 0 saturated carbocycles. The summed E-state index contributed by atoms with van der Waals surface area (Å²) in [6.45, 7) is 2.92. The van der Waals surface area contributed by atoms with E-state index < -0.39 is 11.6 Å². The van der Waals surface area contributed by atoms with Crippen LogP contribution in [-0.2, 0) is 6.54 Å². The maximum absolute atomic E-state index is 13.2. The van der Waals surface area contributed by atoms with E-state index in [2.05, 4.69) is 5.32 Å². The Bertz CT molecular complexity index is 311. The fraction of sp³-hybridized carbons (Fsp3) is 0.500. The van der Waals surface area contributed by atoms with Crippen molar-refractivity contribution >= 4 is 0 Å². The molecular formula is C12H17F2NO. The Morgan fingerprint density at radius 2 is 1.94 bits per heavy atom. The van der Waals surface area contributed by atoms with Crippen LogP contribution in [0.5, 0.6) is 0 Å². The summed E-state index contributed by atoms with van der Waals surface area (Å²) < 4.78 is 26.4. The maximum Gasteiger partial charge on any atom is 0.130 e. The summed E-state index contributed by atoms with van der Waals surface area (Å²) in [7, 11) is 0. The predicted octanol–water partition coefficient (Wildman–Crippen LogP) is 2.07. The minimum atomic E-state index is -0.526. The fourth-order valence-electron chi connectivity index (χ4n) is 1.47. The predicted molar refractivity (Wildman–Crippen MR) is 58.9 cm³/mol. The Kier molecular flexibility index (Phi) is 5.35. The van der Waals surface area contributed by atoms with E-state index in [0.717, 1.165) is 0 Å². The molecule has 0 saturated heterocycles. The van der Waals surface area contributed by atoms with Crippen molar-refractivity contribution in [2.45, 2.75) is 19.9 Å². The quantitative estimate of drug-likeness (QED) is 0.782. The molecule has 0 aromatic heterocycles. The second-order valence-corrected chi connectivity index (χ2v) is 3.95. The molecule has 0 fully saturated rings. The van der Waals surface area contributed by atoms with Crippen molar-refractivity contribution < 1.29 is 13.9 Å². The summed E-state index contributed by atoms with van der Waals surface area (Å²) in [5.41, 5.74) is 0.0682. The van der Waals surface area contributed by atoms with E-state index in [1.807, 2.05) is 6.92 Å². The zero-order chi connectivity index (χ0) is 12.0. The number of halogens is 2. The third-order valence-corrected chi connectivity index (χ3v) is 2.48. The van der Waals surface area contributed by atoms with Crippen LogP contribution in [0.3, 0.4) is 0 Å². The van der Waals surface area contributed by atoms with E-state index >= 15 is 0 Å². The summed E-state index contributed by atoms with van der Waals surface area (Å²) in [5, 5.41) is 11.7. The molecule has 2 N–H and O–H groups in total. The number of benzene rings is 1. The van der Waals surface area contributed by atoms with Crippen LogP contribution in [0.2, 0.25) is 0 Å². The van der Waals surface area contributed by atoms with Gasteiger partial charge in [0.05, 0.1) is 0 Å². The van der Waals surface area contributed by atoms with Crippen LogP contribution in [-0.4, -0.2) is 18.3 Å². The second-order valence-electron chi connectivity index (χ2n) is 3.95. The third kappa shape index (κ3) is 3.87. The highest BCUT2D eigenvalue weighted by Crippen LogP contribution is 2.11. The van der Waals surface area contributed by atoms with Gasteiger partial charge in [-0.3, -0.25) is 0 Å². The highest BCUT2D eigenvalue weighted by atomic mass is 19.1. The van der Waals surface area contributed by atoms with Crippen molar-refractivity contribution in [1.82, 2.24) is 5.32 Å². The molecule has 0 aliphatic heterocycles. The Morgan fingerprint density at radius 3 is 2.50 bits per heavy atom. The van der Waals surface area contributed by atoms with Gasteiger partial charge in [-0.1, -0.05) is 13.0 Å². The molecule has 90 valence electrons. The van der Waals surface area contributed by atoms with Crippen LogP contribution in [0.15, 0.2) is 18.2 Å². The maximum atomic E-state index is 13.2. The van der Waals surface area contributed by atoms with E-state index in [-0.39, 0.29) is 18.7 Å². The average Bonchev–Trinajstić information content (AvgIpc) is 2.23. The first kappa shape index (κ1) is 13.1. The summed E-state index contributed by atoms with van der Waals surface area (Å²) in [6, 6.07) is 3.84. The van der Waals surface area contributed by atoms with Gasteiger partial charge in [0.2, 0.25) is 0 Å². The largest absolute Gasteiger partial charge is 0.396 e. The van der Waals surface area contributed by atoms with Crippen molar-refractivity contribution in [3.63, 3.8) is 0 Å². The monoisotopic (exact) mass is 229 g/mol. The number of rotatable bonds is 6. The van der Waals surface area contributed by atoms with Crippen molar-refractivity contribution in [2.75, 3.05) is 13.2 Å². The van der Waals surface area contributed by atoms with Gasteiger partial charge in [-0.05, 0) is 31.0 Å². The van der Waals surface area contributed by atoms with Gasteiger partial charge in [0.15, 0.2) is 0 Å². The highest BCUT2D eigenvalue weighted by molar-refractivity contribution is 5.19. The van der Waals surface area contributed by atoms with Gasteiger partial charge in [0, 0.05) is 18.7 Å². The molecule has 4 heteroatoms. The van der Waals surface area contributed by atoms with Gasteiger partial charge >= 0.3 is 0 Å². The lowest BCUT2D eigenvalue weighted by molar-refractivity contribution is 0.260. The third-order valence-electron chi connectivity index (χ3n) is 2.48. The standard InChI is InChI=1S/C12H17F2NO/c1-9(5-6-16)7-15-8-10-11(13)3-2-4-12(10)14/h2-4,9,15-16H,5-8H2,1H3. The van der Waals surface area contributed by atoms with E-state index in [0.29, 0.717) is 18.9 Å². The van der Waals surface area contributed by atoms with Crippen LogP contribution in [0, 0.1) is 17.6 Å². The summed E-state index contributed by atoms with van der Waals surface area (Å²) in [4.78, 5) is 0. The molecular weight excluding hydrogens is 212 g/mol. The molecule has 0 heterocycles. The second kappa shape index (κ2) is 6.55. The average molecular weight is 229 g/mol. The van der Waals surface area contributed by atoms with Crippen molar-refractivity contribution in [3.05, 3.63) is 35.4 Å². The lowest BCUT2D eigenvalue weighted by Crippen LogP contribution is -2.22. The molecule has 16 heavy (non-hydrogen) atoms. The molecule has 1 aromatic carbocycles. The van der Waals surface area contributed by atoms with Gasteiger partial charge in [-0.2, -0.15) is 0 Å². The molecule has 0 spiro atoms. The van der Waals surface area contributed by atoms with Crippen molar-refractivity contribution in [1.29, 1.82) is 0 Å². The van der Waals surface area contributed by atoms with Gasteiger partial charge in [-0.15, -0.1) is 0 Å². The summed E-state index contributed by atoms with van der Waals surface area (Å²) in [6.07, 6.45) is 0.687. The molecule has 0 bridgehead atoms. The van der Waals surface area contributed by atoms with E-state index in [1.54, 1.807) is 0 Å². The first-order valence-corrected chi connectivity index (χ1v) is 5.39. The van der Waals surface area contributed by atoms with Crippen LogP contribution in [0.4, 0.5) is 8.78 Å². The van der Waals surface area contributed by atoms with Gasteiger partial charge in [-0.25, -0.2) is 8.78 Å². The molecule has 2 nitrogen and oxygen atoms in total. The van der Waals surface area contributed by atoms with Crippen LogP contribution < -0.4 is 5.32 Å². The minimum Gasteiger partial charge on any atom is -0.396 e. The zero-order valence-corrected chi connectivity index (χ0v) is 9.34. The lowest BCUT2D eigenvalue weighted by atomic mass is 10.1. The molecule has 1 aromatic rings. The number of aliphatic hydroxyl groups excluding tert-OH is 1. The Hall–Kier alpha value is -1.00.